The summed E-state index contributed by atoms with van der Waals surface area (Å²) in [6, 6.07) is 8.24. The number of rotatable bonds is 4. The van der Waals surface area contributed by atoms with Crippen molar-refractivity contribution in [1.29, 1.82) is 0 Å². The molecule has 0 aliphatic heterocycles. The maximum atomic E-state index is 13.6. The fourth-order valence-electron chi connectivity index (χ4n) is 5.44. The Morgan fingerprint density at radius 1 is 0.786 bits per heavy atom. The van der Waals surface area contributed by atoms with Crippen molar-refractivity contribution in [3.05, 3.63) is 58.9 Å². The van der Waals surface area contributed by atoms with Crippen molar-refractivity contribution >= 4 is 0 Å². The van der Waals surface area contributed by atoms with Gasteiger partial charge in [0.2, 0.25) is 0 Å². The van der Waals surface area contributed by atoms with E-state index >= 15 is 0 Å². The minimum Gasteiger partial charge on any atom is -0.204 e. The van der Waals surface area contributed by atoms with Gasteiger partial charge in [0.05, 0.1) is 0 Å². The Labute approximate surface area is 166 Å². The second-order valence-electron chi connectivity index (χ2n) is 8.81. The van der Waals surface area contributed by atoms with Crippen molar-refractivity contribution in [3.63, 3.8) is 0 Å². The number of halogens is 3. The molecule has 4 rings (SSSR count). The van der Waals surface area contributed by atoms with Gasteiger partial charge >= 0.3 is 0 Å². The summed E-state index contributed by atoms with van der Waals surface area (Å²) >= 11 is 0. The van der Waals surface area contributed by atoms with Crippen molar-refractivity contribution < 1.29 is 13.2 Å². The van der Waals surface area contributed by atoms with Gasteiger partial charge in [-0.3, -0.25) is 0 Å². The molecule has 2 aromatic rings. The summed E-state index contributed by atoms with van der Waals surface area (Å²) in [4.78, 5) is 0. The summed E-state index contributed by atoms with van der Waals surface area (Å²) in [5, 5.41) is 0. The van der Waals surface area contributed by atoms with E-state index in [1.807, 2.05) is 12.1 Å². The summed E-state index contributed by atoms with van der Waals surface area (Å²) < 4.78 is 40.4. The molecule has 0 nitrogen and oxygen atoms in total. The minimum atomic E-state index is -1.40. The van der Waals surface area contributed by atoms with Gasteiger partial charge in [0.1, 0.15) is 0 Å². The van der Waals surface area contributed by atoms with Crippen LogP contribution in [0.3, 0.4) is 0 Å². The van der Waals surface area contributed by atoms with Crippen LogP contribution in [-0.4, -0.2) is 0 Å². The van der Waals surface area contributed by atoms with Crippen molar-refractivity contribution in [2.24, 2.45) is 17.8 Å². The Kier molecular flexibility index (Phi) is 5.80. The summed E-state index contributed by atoms with van der Waals surface area (Å²) in [5.74, 6) is -1.12. The quantitative estimate of drug-likeness (QED) is 0.478. The van der Waals surface area contributed by atoms with E-state index in [9.17, 15) is 13.2 Å². The van der Waals surface area contributed by atoms with Crippen LogP contribution in [0.2, 0.25) is 0 Å². The highest BCUT2D eigenvalue weighted by Crippen LogP contribution is 2.41. The first-order valence-electron chi connectivity index (χ1n) is 10.8. The van der Waals surface area contributed by atoms with Gasteiger partial charge in [-0.25, -0.2) is 13.2 Å². The van der Waals surface area contributed by atoms with E-state index < -0.39 is 17.5 Å². The van der Waals surface area contributed by atoms with E-state index in [4.69, 9.17) is 0 Å². The molecule has 2 aromatic carbocycles. The van der Waals surface area contributed by atoms with Gasteiger partial charge in [-0.15, -0.1) is 0 Å². The smallest absolute Gasteiger partial charge is 0.194 e. The Balaban J connectivity index is 1.46. The fraction of sp³-hybridized carbons (Fsp3) is 0.520. The zero-order chi connectivity index (χ0) is 19.7. The monoisotopic (exact) mass is 386 g/mol. The molecule has 2 aliphatic rings. The second-order valence-corrected chi connectivity index (χ2v) is 8.81. The van der Waals surface area contributed by atoms with Gasteiger partial charge in [-0.2, -0.15) is 0 Å². The van der Waals surface area contributed by atoms with Gasteiger partial charge in [0, 0.05) is 0 Å². The van der Waals surface area contributed by atoms with Crippen LogP contribution in [0.5, 0.6) is 0 Å². The maximum Gasteiger partial charge on any atom is 0.194 e. The predicted octanol–water partition coefficient (Wildman–Crippen LogP) is 7.48. The Hall–Kier alpha value is -1.77. The van der Waals surface area contributed by atoms with Gasteiger partial charge in [0.25, 0.3) is 0 Å². The van der Waals surface area contributed by atoms with E-state index in [0.29, 0.717) is 5.56 Å². The van der Waals surface area contributed by atoms with Crippen LogP contribution in [0.15, 0.2) is 30.3 Å². The highest BCUT2D eigenvalue weighted by Gasteiger charge is 2.30. The molecule has 0 radical (unpaired) electrons. The van der Waals surface area contributed by atoms with Crippen molar-refractivity contribution in [2.45, 2.75) is 64.7 Å². The molecule has 1 atom stereocenters. The van der Waals surface area contributed by atoms with Gasteiger partial charge in [-0.05, 0) is 84.2 Å². The van der Waals surface area contributed by atoms with E-state index in [1.165, 1.54) is 56.1 Å². The fourth-order valence-corrected chi connectivity index (χ4v) is 5.44. The molecule has 0 bridgehead atoms. The van der Waals surface area contributed by atoms with Crippen LogP contribution in [-0.2, 0) is 12.8 Å². The zero-order valence-electron chi connectivity index (χ0n) is 16.6. The Bertz CT molecular complexity index is 811. The number of fused-ring (bicyclic) bond motifs is 1. The summed E-state index contributed by atoms with van der Waals surface area (Å²) in [6.07, 6.45) is 11.5. The molecule has 2 aliphatic carbocycles. The molecule has 28 heavy (non-hydrogen) atoms. The molecule has 1 saturated carbocycles. The summed E-state index contributed by atoms with van der Waals surface area (Å²) in [5.41, 5.74) is 3.81. The standard InChI is InChI=1S/C25H29F3/c1-2-3-16-4-6-17(7-5-16)18-8-9-20-13-21(11-10-19(20)12-18)22-14-23(26)25(28)24(27)15-22/h10-11,13-18H,2-9,12H2,1H3. The van der Waals surface area contributed by atoms with Gasteiger partial charge in [0.15, 0.2) is 17.5 Å². The zero-order valence-corrected chi connectivity index (χ0v) is 16.6. The van der Waals surface area contributed by atoms with Crippen molar-refractivity contribution in [3.8, 4) is 11.1 Å². The number of hydrogen-bond acceptors (Lipinski definition) is 0. The Morgan fingerprint density at radius 2 is 1.50 bits per heavy atom. The van der Waals surface area contributed by atoms with Crippen LogP contribution in [0.1, 0.15) is 63.0 Å². The molecule has 0 saturated heterocycles. The van der Waals surface area contributed by atoms with Crippen molar-refractivity contribution in [2.75, 3.05) is 0 Å². The van der Waals surface area contributed by atoms with E-state index in [-0.39, 0.29) is 0 Å². The first-order valence-corrected chi connectivity index (χ1v) is 10.8. The van der Waals surface area contributed by atoms with Crippen molar-refractivity contribution in [1.82, 2.24) is 0 Å². The van der Waals surface area contributed by atoms with E-state index in [0.717, 1.165) is 48.3 Å². The van der Waals surface area contributed by atoms with E-state index in [1.54, 1.807) is 0 Å². The lowest BCUT2D eigenvalue weighted by Crippen LogP contribution is -2.26. The van der Waals surface area contributed by atoms with Crippen LogP contribution < -0.4 is 0 Å². The molecule has 0 heterocycles. The molecular formula is C25H29F3. The normalized spacial score (nSPS) is 24.8. The third-order valence-corrected chi connectivity index (χ3v) is 7.04. The molecule has 1 fully saturated rings. The third kappa shape index (κ3) is 3.99. The highest BCUT2D eigenvalue weighted by atomic mass is 19.2. The van der Waals surface area contributed by atoms with Gasteiger partial charge < -0.3 is 0 Å². The lowest BCUT2D eigenvalue weighted by molar-refractivity contribution is 0.184. The lowest BCUT2D eigenvalue weighted by Gasteiger charge is -2.36. The average Bonchev–Trinajstić information content (AvgIpc) is 2.71. The van der Waals surface area contributed by atoms with Gasteiger partial charge in [-0.1, -0.05) is 50.8 Å². The first-order chi connectivity index (χ1) is 13.5. The average molecular weight is 387 g/mol. The van der Waals surface area contributed by atoms with Crippen LogP contribution in [0.25, 0.3) is 11.1 Å². The molecule has 150 valence electrons. The predicted molar refractivity (Wildman–Crippen MR) is 108 cm³/mol. The molecule has 0 spiro atoms. The van der Waals surface area contributed by atoms with Crippen LogP contribution in [0, 0.1) is 35.2 Å². The maximum absolute atomic E-state index is 13.6. The number of hydrogen-bond donors (Lipinski definition) is 0. The minimum absolute atomic E-state index is 0.399. The molecule has 0 aromatic heterocycles. The molecular weight excluding hydrogens is 357 g/mol. The SMILES string of the molecule is CCCC1CCC(C2CCc3cc(-c4cc(F)c(F)c(F)c4)ccc3C2)CC1. The molecule has 1 unspecified atom stereocenters. The largest absolute Gasteiger partial charge is 0.204 e. The van der Waals surface area contributed by atoms with Crippen LogP contribution in [0.4, 0.5) is 13.2 Å². The first kappa shape index (κ1) is 19.5. The van der Waals surface area contributed by atoms with Crippen LogP contribution >= 0.6 is 0 Å². The van der Waals surface area contributed by atoms with E-state index in [2.05, 4.69) is 13.0 Å². The highest BCUT2D eigenvalue weighted by molar-refractivity contribution is 5.65. The number of benzene rings is 2. The molecule has 0 N–H and O–H groups in total. The Morgan fingerprint density at radius 3 is 2.18 bits per heavy atom. The summed E-state index contributed by atoms with van der Waals surface area (Å²) in [7, 11) is 0. The summed E-state index contributed by atoms with van der Waals surface area (Å²) in [6.45, 7) is 2.28. The topological polar surface area (TPSA) is 0 Å². The molecule has 3 heteroatoms. The lowest BCUT2D eigenvalue weighted by atomic mass is 9.69. The molecule has 0 amide bonds. The number of aryl methyl sites for hydroxylation is 1. The third-order valence-electron chi connectivity index (χ3n) is 7.04. The second kappa shape index (κ2) is 8.31.